The third-order valence-electron chi connectivity index (χ3n) is 3.92. The van der Waals surface area contributed by atoms with Gasteiger partial charge in [-0.1, -0.05) is 18.2 Å². The number of nitrogens with one attached hydrogen (secondary N) is 1. The van der Waals surface area contributed by atoms with Gasteiger partial charge in [0, 0.05) is 5.56 Å². The molecule has 0 saturated carbocycles. The molecule has 2 rings (SSSR count). The largest absolute Gasteiger partial charge is 0.484 e. The van der Waals surface area contributed by atoms with E-state index in [0.717, 1.165) is 5.56 Å². The third-order valence-corrected chi connectivity index (χ3v) is 3.92. The molecule has 0 radical (unpaired) electrons. The van der Waals surface area contributed by atoms with Crippen LogP contribution in [0.3, 0.4) is 0 Å². The van der Waals surface area contributed by atoms with Gasteiger partial charge in [0.25, 0.3) is 5.91 Å². The summed E-state index contributed by atoms with van der Waals surface area (Å²) in [6.45, 7) is 5.95. The highest BCUT2D eigenvalue weighted by Crippen LogP contribution is 2.17. The van der Waals surface area contributed by atoms with Crippen LogP contribution in [0.1, 0.15) is 40.0 Å². The number of rotatable bonds is 6. The lowest BCUT2D eigenvalue weighted by Crippen LogP contribution is -2.31. The Kier molecular flexibility index (Phi) is 5.58. The Labute approximate surface area is 141 Å². The number of nitrogens with two attached hydrogens (primary N) is 1. The second kappa shape index (κ2) is 7.64. The lowest BCUT2D eigenvalue weighted by atomic mass is 10.0. The number of aryl methyl sites for hydroxylation is 2. The van der Waals surface area contributed by atoms with Crippen molar-refractivity contribution >= 4 is 11.8 Å². The Morgan fingerprint density at radius 3 is 2.33 bits per heavy atom. The molecular formula is C19H22N2O3. The van der Waals surface area contributed by atoms with Crippen LogP contribution in [0, 0.1) is 13.8 Å². The SMILES string of the molecule is Cc1ccc(C(C)NC(=O)COc2ccc(C(N)=O)cc2)cc1C. The summed E-state index contributed by atoms with van der Waals surface area (Å²) >= 11 is 0. The van der Waals surface area contributed by atoms with E-state index < -0.39 is 5.91 Å². The Hall–Kier alpha value is -2.82. The highest BCUT2D eigenvalue weighted by molar-refractivity contribution is 5.92. The first-order chi connectivity index (χ1) is 11.4. The molecule has 0 aliphatic rings. The molecule has 0 heterocycles. The standard InChI is InChI=1S/C19H22N2O3/c1-12-4-5-16(10-13(12)2)14(3)21-18(22)11-24-17-8-6-15(7-9-17)19(20)23/h4-10,14H,11H2,1-3H3,(H2,20,23)(H,21,22). The van der Waals surface area contributed by atoms with E-state index in [2.05, 4.69) is 18.3 Å². The zero-order valence-electron chi connectivity index (χ0n) is 14.1. The van der Waals surface area contributed by atoms with Gasteiger partial charge in [0.2, 0.25) is 5.91 Å². The molecule has 0 aromatic heterocycles. The molecule has 0 fully saturated rings. The molecule has 2 aromatic carbocycles. The first-order valence-electron chi connectivity index (χ1n) is 7.76. The van der Waals surface area contributed by atoms with Crippen LogP contribution in [0.2, 0.25) is 0 Å². The molecule has 0 spiro atoms. The molecule has 2 amide bonds. The minimum Gasteiger partial charge on any atom is -0.484 e. The van der Waals surface area contributed by atoms with Crippen LogP contribution in [0.25, 0.3) is 0 Å². The fourth-order valence-corrected chi connectivity index (χ4v) is 2.26. The van der Waals surface area contributed by atoms with Crippen LogP contribution in [0.5, 0.6) is 5.75 Å². The topological polar surface area (TPSA) is 81.4 Å². The van der Waals surface area contributed by atoms with Crippen molar-refractivity contribution in [1.82, 2.24) is 5.32 Å². The minimum absolute atomic E-state index is 0.0922. The molecule has 0 saturated heterocycles. The monoisotopic (exact) mass is 326 g/mol. The van der Waals surface area contributed by atoms with Crippen molar-refractivity contribution < 1.29 is 14.3 Å². The predicted molar refractivity (Wildman–Crippen MR) is 92.9 cm³/mol. The van der Waals surface area contributed by atoms with E-state index in [9.17, 15) is 9.59 Å². The zero-order valence-corrected chi connectivity index (χ0v) is 14.1. The van der Waals surface area contributed by atoms with Gasteiger partial charge in [-0.2, -0.15) is 0 Å². The Morgan fingerprint density at radius 2 is 1.75 bits per heavy atom. The van der Waals surface area contributed by atoms with Crippen LogP contribution >= 0.6 is 0 Å². The summed E-state index contributed by atoms with van der Waals surface area (Å²) in [6.07, 6.45) is 0. The van der Waals surface area contributed by atoms with Crippen molar-refractivity contribution in [3.05, 3.63) is 64.7 Å². The van der Waals surface area contributed by atoms with Gasteiger partial charge in [-0.3, -0.25) is 9.59 Å². The Balaban J connectivity index is 1.88. The van der Waals surface area contributed by atoms with Crippen LogP contribution in [0.15, 0.2) is 42.5 Å². The second-order valence-electron chi connectivity index (χ2n) is 5.81. The molecule has 24 heavy (non-hydrogen) atoms. The van der Waals surface area contributed by atoms with E-state index in [1.807, 2.05) is 26.0 Å². The molecule has 2 aromatic rings. The average molecular weight is 326 g/mol. The summed E-state index contributed by atoms with van der Waals surface area (Å²) < 4.78 is 5.42. The lowest BCUT2D eigenvalue weighted by molar-refractivity contribution is -0.123. The van der Waals surface area contributed by atoms with Gasteiger partial charge >= 0.3 is 0 Å². The number of ether oxygens (including phenoxy) is 1. The van der Waals surface area contributed by atoms with Gasteiger partial charge in [0.1, 0.15) is 5.75 Å². The van der Waals surface area contributed by atoms with Crippen LogP contribution in [-0.2, 0) is 4.79 Å². The molecule has 1 unspecified atom stereocenters. The molecule has 5 heteroatoms. The van der Waals surface area contributed by atoms with Crippen LogP contribution in [0.4, 0.5) is 0 Å². The van der Waals surface area contributed by atoms with Crippen LogP contribution in [-0.4, -0.2) is 18.4 Å². The molecule has 126 valence electrons. The van der Waals surface area contributed by atoms with Crippen molar-refractivity contribution in [3.63, 3.8) is 0 Å². The first-order valence-corrected chi connectivity index (χ1v) is 7.76. The summed E-state index contributed by atoms with van der Waals surface area (Å²) in [6, 6.07) is 12.4. The molecule has 1 atom stereocenters. The second-order valence-corrected chi connectivity index (χ2v) is 5.81. The van der Waals surface area contributed by atoms with Crippen molar-refractivity contribution in [2.75, 3.05) is 6.61 Å². The van der Waals surface area contributed by atoms with Gasteiger partial charge in [0.15, 0.2) is 6.61 Å². The quantitative estimate of drug-likeness (QED) is 0.856. The normalized spacial score (nSPS) is 11.6. The number of hydrogen-bond acceptors (Lipinski definition) is 3. The number of amides is 2. The lowest BCUT2D eigenvalue weighted by Gasteiger charge is -2.16. The van der Waals surface area contributed by atoms with Gasteiger partial charge in [-0.15, -0.1) is 0 Å². The van der Waals surface area contributed by atoms with E-state index in [4.69, 9.17) is 10.5 Å². The average Bonchev–Trinajstić information content (AvgIpc) is 2.55. The summed E-state index contributed by atoms with van der Waals surface area (Å²) in [4.78, 5) is 23.0. The van der Waals surface area contributed by atoms with Gasteiger partial charge in [-0.05, 0) is 61.7 Å². The molecule has 0 bridgehead atoms. The minimum atomic E-state index is -0.499. The van der Waals surface area contributed by atoms with E-state index in [1.54, 1.807) is 24.3 Å². The molecule has 5 nitrogen and oxygen atoms in total. The third kappa shape index (κ3) is 4.59. The van der Waals surface area contributed by atoms with E-state index in [-0.39, 0.29) is 18.6 Å². The fourth-order valence-electron chi connectivity index (χ4n) is 2.26. The van der Waals surface area contributed by atoms with E-state index in [1.165, 1.54) is 11.1 Å². The smallest absolute Gasteiger partial charge is 0.258 e. The zero-order chi connectivity index (χ0) is 17.7. The van der Waals surface area contributed by atoms with Crippen LogP contribution < -0.4 is 15.8 Å². The van der Waals surface area contributed by atoms with Gasteiger partial charge < -0.3 is 15.8 Å². The number of hydrogen-bond donors (Lipinski definition) is 2. The Morgan fingerprint density at radius 1 is 1.08 bits per heavy atom. The van der Waals surface area contributed by atoms with E-state index in [0.29, 0.717) is 11.3 Å². The van der Waals surface area contributed by atoms with Crippen molar-refractivity contribution in [3.8, 4) is 5.75 Å². The van der Waals surface area contributed by atoms with E-state index >= 15 is 0 Å². The van der Waals surface area contributed by atoms with Gasteiger partial charge in [-0.25, -0.2) is 0 Å². The Bertz CT molecular complexity index is 739. The maximum atomic E-state index is 12.0. The number of carbonyl (C=O) groups is 2. The number of carbonyl (C=O) groups excluding carboxylic acids is 2. The molecule has 3 N–H and O–H groups in total. The first kappa shape index (κ1) is 17.5. The summed E-state index contributed by atoms with van der Waals surface area (Å²) in [5.74, 6) is -0.199. The predicted octanol–water partition coefficient (Wildman–Crippen LogP) is 2.66. The summed E-state index contributed by atoms with van der Waals surface area (Å²) in [5.41, 5.74) is 9.04. The number of benzene rings is 2. The van der Waals surface area contributed by atoms with Crippen molar-refractivity contribution in [1.29, 1.82) is 0 Å². The molecular weight excluding hydrogens is 304 g/mol. The maximum Gasteiger partial charge on any atom is 0.258 e. The molecule has 0 aliphatic heterocycles. The van der Waals surface area contributed by atoms with Crippen molar-refractivity contribution in [2.45, 2.75) is 26.8 Å². The van der Waals surface area contributed by atoms with Crippen molar-refractivity contribution in [2.24, 2.45) is 5.73 Å². The summed E-state index contributed by atoms with van der Waals surface area (Å²) in [7, 11) is 0. The highest BCUT2D eigenvalue weighted by Gasteiger charge is 2.11. The highest BCUT2D eigenvalue weighted by atomic mass is 16.5. The van der Waals surface area contributed by atoms with Gasteiger partial charge in [0.05, 0.1) is 6.04 Å². The fraction of sp³-hybridized carbons (Fsp3) is 0.263. The number of primary amides is 1. The maximum absolute atomic E-state index is 12.0. The molecule has 0 aliphatic carbocycles. The summed E-state index contributed by atoms with van der Waals surface area (Å²) in [5, 5.41) is 2.90.